The zero-order valence-electron chi connectivity index (χ0n) is 7.89. The van der Waals surface area contributed by atoms with Gasteiger partial charge in [-0.05, 0) is 36.6 Å². The van der Waals surface area contributed by atoms with Crippen LogP contribution in [0.4, 0.5) is 5.95 Å². The summed E-state index contributed by atoms with van der Waals surface area (Å²) in [7, 11) is 0. The molecule has 0 aliphatic heterocycles. The lowest BCUT2D eigenvalue weighted by Gasteiger charge is -2.01. The topological polar surface area (TPSA) is 54.7 Å². The molecule has 0 aliphatic rings. The molecule has 1 heterocycles. The number of H-pyrrole nitrogens is 1. The molecular weight excluding hydrogens is 162 g/mol. The van der Waals surface area contributed by atoms with Crippen molar-refractivity contribution in [2.75, 3.05) is 5.73 Å². The van der Waals surface area contributed by atoms with E-state index < -0.39 is 0 Å². The predicted octanol–water partition coefficient (Wildman–Crippen LogP) is 2.02. The van der Waals surface area contributed by atoms with Crippen LogP contribution in [0.25, 0.3) is 11.0 Å². The Morgan fingerprint density at radius 1 is 1.46 bits per heavy atom. The number of nitrogens with zero attached hydrogens (tertiary/aromatic N) is 1. The number of aromatic nitrogens is 2. The molecule has 0 saturated carbocycles. The molecule has 0 bridgehead atoms. The van der Waals surface area contributed by atoms with E-state index in [4.69, 9.17) is 5.73 Å². The lowest BCUT2D eigenvalue weighted by molar-refractivity contribution is 1.11. The van der Waals surface area contributed by atoms with Gasteiger partial charge < -0.3 is 10.7 Å². The summed E-state index contributed by atoms with van der Waals surface area (Å²) < 4.78 is 0. The molecule has 3 nitrogen and oxygen atoms in total. The third-order valence-electron chi connectivity index (χ3n) is 2.34. The van der Waals surface area contributed by atoms with Crippen molar-refractivity contribution < 1.29 is 0 Å². The van der Waals surface area contributed by atoms with Gasteiger partial charge in [0.25, 0.3) is 0 Å². The Bertz CT molecular complexity index is 443. The zero-order chi connectivity index (χ0) is 9.42. The maximum atomic E-state index is 5.57. The molecule has 13 heavy (non-hydrogen) atoms. The highest BCUT2D eigenvalue weighted by atomic mass is 15.0. The fourth-order valence-corrected chi connectivity index (χ4v) is 1.61. The third-order valence-corrected chi connectivity index (χ3v) is 2.34. The van der Waals surface area contributed by atoms with E-state index in [1.807, 2.05) is 0 Å². The van der Waals surface area contributed by atoms with E-state index in [0.717, 1.165) is 17.5 Å². The number of aromatic amines is 1. The van der Waals surface area contributed by atoms with E-state index in [1.165, 1.54) is 11.1 Å². The number of nitrogen functional groups attached to an aromatic ring is 1. The van der Waals surface area contributed by atoms with Gasteiger partial charge in [-0.3, -0.25) is 0 Å². The monoisotopic (exact) mass is 175 g/mol. The standard InChI is InChI=1S/C10H13N3/c1-3-7-5-9-8(4-6(7)2)12-10(11)13-9/h4-5H,3H2,1-2H3,(H3,11,12,13). The summed E-state index contributed by atoms with van der Waals surface area (Å²) in [6, 6.07) is 4.19. The summed E-state index contributed by atoms with van der Waals surface area (Å²) in [5.41, 5.74) is 10.2. The van der Waals surface area contributed by atoms with Gasteiger partial charge in [-0.25, -0.2) is 4.98 Å². The highest BCUT2D eigenvalue weighted by Gasteiger charge is 2.03. The molecule has 0 radical (unpaired) electrons. The molecule has 2 aromatic rings. The molecule has 0 atom stereocenters. The largest absolute Gasteiger partial charge is 0.369 e. The van der Waals surface area contributed by atoms with Crippen molar-refractivity contribution in [3.8, 4) is 0 Å². The molecular formula is C10H13N3. The smallest absolute Gasteiger partial charge is 0.198 e. The van der Waals surface area contributed by atoms with Crippen molar-refractivity contribution in [1.82, 2.24) is 9.97 Å². The molecule has 0 spiro atoms. The number of aryl methyl sites for hydroxylation is 2. The Hall–Kier alpha value is -1.51. The number of benzene rings is 1. The van der Waals surface area contributed by atoms with Crippen molar-refractivity contribution >= 4 is 17.0 Å². The number of hydrogen-bond acceptors (Lipinski definition) is 2. The lowest BCUT2D eigenvalue weighted by atomic mass is 10.1. The molecule has 0 aliphatic carbocycles. The average Bonchev–Trinajstić information content (AvgIpc) is 2.42. The molecule has 3 N–H and O–H groups in total. The van der Waals surface area contributed by atoms with E-state index in [0.29, 0.717) is 5.95 Å². The van der Waals surface area contributed by atoms with Gasteiger partial charge in [-0.2, -0.15) is 0 Å². The number of hydrogen-bond donors (Lipinski definition) is 2. The van der Waals surface area contributed by atoms with Gasteiger partial charge in [0.1, 0.15) is 0 Å². The molecule has 0 saturated heterocycles. The first kappa shape index (κ1) is 8.10. The minimum absolute atomic E-state index is 0.489. The van der Waals surface area contributed by atoms with E-state index in [2.05, 4.69) is 35.9 Å². The van der Waals surface area contributed by atoms with Crippen molar-refractivity contribution in [3.63, 3.8) is 0 Å². The molecule has 3 heteroatoms. The second kappa shape index (κ2) is 2.76. The van der Waals surface area contributed by atoms with E-state index in [-0.39, 0.29) is 0 Å². The average molecular weight is 175 g/mol. The van der Waals surface area contributed by atoms with Crippen LogP contribution in [-0.4, -0.2) is 9.97 Å². The van der Waals surface area contributed by atoms with Gasteiger partial charge in [-0.1, -0.05) is 6.92 Å². The van der Waals surface area contributed by atoms with E-state index in [1.54, 1.807) is 0 Å². The lowest BCUT2D eigenvalue weighted by Crippen LogP contribution is -1.85. The molecule has 0 amide bonds. The first-order valence-corrected chi connectivity index (χ1v) is 4.45. The van der Waals surface area contributed by atoms with Crippen LogP contribution in [0.3, 0.4) is 0 Å². The van der Waals surface area contributed by atoms with Crippen LogP contribution in [0.2, 0.25) is 0 Å². The van der Waals surface area contributed by atoms with Crippen molar-refractivity contribution in [2.24, 2.45) is 0 Å². The summed E-state index contributed by atoms with van der Waals surface area (Å²) in [5, 5.41) is 0. The molecule has 1 aromatic heterocycles. The van der Waals surface area contributed by atoms with Crippen LogP contribution in [-0.2, 0) is 6.42 Å². The first-order valence-electron chi connectivity index (χ1n) is 4.45. The van der Waals surface area contributed by atoms with Crippen molar-refractivity contribution in [3.05, 3.63) is 23.3 Å². The number of imidazole rings is 1. The quantitative estimate of drug-likeness (QED) is 0.696. The Morgan fingerprint density at radius 3 is 2.92 bits per heavy atom. The minimum atomic E-state index is 0.489. The molecule has 1 aromatic carbocycles. The summed E-state index contributed by atoms with van der Waals surface area (Å²) in [6.07, 6.45) is 1.04. The summed E-state index contributed by atoms with van der Waals surface area (Å²) >= 11 is 0. The molecule has 68 valence electrons. The van der Waals surface area contributed by atoms with Crippen LogP contribution in [0.1, 0.15) is 18.1 Å². The Kier molecular flexibility index (Phi) is 1.72. The molecule has 0 unspecified atom stereocenters. The van der Waals surface area contributed by atoms with Gasteiger partial charge >= 0.3 is 0 Å². The van der Waals surface area contributed by atoms with Gasteiger partial charge in [-0.15, -0.1) is 0 Å². The van der Waals surface area contributed by atoms with Crippen LogP contribution < -0.4 is 5.73 Å². The fraction of sp³-hybridized carbons (Fsp3) is 0.300. The van der Waals surface area contributed by atoms with Gasteiger partial charge in [0.2, 0.25) is 0 Å². The Balaban J connectivity index is 2.72. The first-order chi connectivity index (χ1) is 6.20. The summed E-state index contributed by atoms with van der Waals surface area (Å²) in [5.74, 6) is 0.489. The number of anilines is 1. The maximum Gasteiger partial charge on any atom is 0.198 e. The van der Waals surface area contributed by atoms with Crippen LogP contribution in [0.15, 0.2) is 12.1 Å². The number of rotatable bonds is 1. The van der Waals surface area contributed by atoms with Gasteiger partial charge in [0, 0.05) is 0 Å². The zero-order valence-corrected chi connectivity index (χ0v) is 7.89. The van der Waals surface area contributed by atoms with Crippen LogP contribution >= 0.6 is 0 Å². The van der Waals surface area contributed by atoms with Gasteiger partial charge in [0.05, 0.1) is 11.0 Å². The second-order valence-corrected chi connectivity index (χ2v) is 3.27. The Labute approximate surface area is 77.0 Å². The SMILES string of the molecule is CCc1cc2nc(N)[nH]c2cc1C. The van der Waals surface area contributed by atoms with Gasteiger partial charge in [0.15, 0.2) is 5.95 Å². The highest BCUT2D eigenvalue weighted by Crippen LogP contribution is 2.18. The molecule has 0 fully saturated rings. The fourth-order valence-electron chi connectivity index (χ4n) is 1.61. The number of nitrogens with two attached hydrogens (primary N) is 1. The van der Waals surface area contributed by atoms with Crippen molar-refractivity contribution in [2.45, 2.75) is 20.3 Å². The molecule has 2 rings (SSSR count). The summed E-state index contributed by atoms with van der Waals surface area (Å²) in [6.45, 7) is 4.25. The van der Waals surface area contributed by atoms with E-state index >= 15 is 0 Å². The number of fused-ring (bicyclic) bond motifs is 1. The predicted molar refractivity (Wildman–Crippen MR) is 54.6 cm³/mol. The third kappa shape index (κ3) is 1.26. The van der Waals surface area contributed by atoms with Crippen LogP contribution in [0, 0.1) is 6.92 Å². The van der Waals surface area contributed by atoms with E-state index in [9.17, 15) is 0 Å². The maximum absolute atomic E-state index is 5.57. The Morgan fingerprint density at radius 2 is 2.23 bits per heavy atom. The second-order valence-electron chi connectivity index (χ2n) is 3.27. The number of nitrogens with one attached hydrogen (secondary N) is 1. The van der Waals surface area contributed by atoms with Crippen LogP contribution in [0.5, 0.6) is 0 Å². The van der Waals surface area contributed by atoms with Crippen molar-refractivity contribution in [1.29, 1.82) is 0 Å². The normalized spacial score (nSPS) is 10.9. The summed E-state index contributed by atoms with van der Waals surface area (Å²) in [4.78, 5) is 7.20. The minimum Gasteiger partial charge on any atom is -0.369 e. The highest BCUT2D eigenvalue weighted by molar-refractivity contribution is 5.78.